The van der Waals surface area contributed by atoms with Crippen LogP contribution in [0.4, 0.5) is 22.7 Å². The number of para-hydroxylation sites is 2. The van der Waals surface area contributed by atoms with E-state index in [4.69, 9.17) is 0 Å². The van der Waals surface area contributed by atoms with Crippen LogP contribution in [0.3, 0.4) is 0 Å². The number of nitrogens with two attached hydrogens (primary N) is 2. The van der Waals surface area contributed by atoms with E-state index in [0.29, 0.717) is 12.1 Å². The number of hydrogen-bond acceptors (Lipinski definition) is 10. The van der Waals surface area contributed by atoms with E-state index in [1.54, 1.807) is 0 Å². The first-order valence-electron chi connectivity index (χ1n) is 12.5. The average molecular weight is 645 g/mol. The van der Waals surface area contributed by atoms with Crippen molar-refractivity contribution in [2.24, 2.45) is 0 Å². The van der Waals surface area contributed by atoms with Crippen molar-refractivity contribution in [3.63, 3.8) is 0 Å². The van der Waals surface area contributed by atoms with Crippen LogP contribution in [0.5, 0.6) is 0 Å². The molecule has 4 N–H and O–H groups in total. The van der Waals surface area contributed by atoms with Gasteiger partial charge in [-0.15, -0.1) is 0 Å². The van der Waals surface area contributed by atoms with E-state index in [0.717, 1.165) is 36.4 Å². The van der Waals surface area contributed by atoms with Crippen molar-refractivity contribution in [3.8, 4) is 0 Å². The van der Waals surface area contributed by atoms with Crippen LogP contribution < -0.4 is 10.6 Å². The molecule has 0 amide bonds. The molecule has 0 aromatic heterocycles. The zero-order chi connectivity index (χ0) is 32.9. The predicted molar refractivity (Wildman–Crippen MR) is 159 cm³/mol. The first kappa shape index (κ1) is 35.4. The maximum atomic E-state index is 11.4. The summed E-state index contributed by atoms with van der Waals surface area (Å²) in [5.41, 5.74) is 0.621. The fourth-order valence-corrected chi connectivity index (χ4v) is 4.83. The predicted octanol–water partition coefficient (Wildman–Crippen LogP) is 2.50. The quantitative estimate of drug-likeness (QED) is 0.0934. The van der Waals surface area contributed by atoms with Gasteiger partial charge in [-0.3, -0.25) is 20.2 Å². The molecule has 0 unspecified atom stereocenters. The van der Waals surface area contributed by atoms with Crippen LogP contribution in [0.25, 0.3) is 12.2 Å². The SMILES string of the molecule is C[NH2+]c1ccccc1.C[NH2+]c1ccccc1.O=[N+]([O-])c1ccc(/C=C/c2ccc([N+](=O)[O-])cc2S(=O)(=O)[O-])c(S(=O)(=O)[O-])c1. The minimum atomic E-state index is -5.13. The van der Waals surface area contributed by atoms with E-state index in [2.05, 4.69) is 34.9 Å². The summed E-state index contributed by atoms with van der Waals surface area (Å²) < 4.78 is 68.1. The molecular weight excluding hydrogens is 616 g/mol. The maximum absolute atomic E-state index is 11.4. The Balaban J connectivity index is 0.000000339. The lowest BCUT2D eigenvalue weighted by molar-refractivity contribution is -0.539. The number of quaternary nitrogens is 2. The highest BCUT2D eigenvalue weighted by atomic mass is 32.2. The molecule has 4 aromatic carbocycles. The van der Waals surface area contributed by atoms with Gasteiger partial charge in [-0.25, -0.2) is 16.8 Å². The van der Waals surface area contributed by atoms with E-state index in [1.807, 2.05) is 50.5 Å². The number of nitro groups is 2. The van der Waals surface area contributed by atoms with Crippen molar-refractivity contribution in [2.75, 3.05) is 14.1 Å². The van der Waals surface area contributed by atoms with Gasteiger partial charge in [0.25, 0.3) is 11.4 Å². The monoisotopic (exact) mass is 644 g/mol. The molecule has 4 aromatic rings. The summed E-state index contributed by atoms with van der Waals surface area (Å²) in [6.07, 6.45) is 1.87. The fraction of sp³-hybridized carbons (Fsp3) is 0.0714. The van der Waals surface area contributed by atoms with Gasteiger partial charge in [0.2, 0.25) is 0 Å². The van der Waals surface area contributed by atoms with Crippen molar-refractivity contribution in [3.05, 3.63) is 128 Å². The smallest absolute Gasteiger partial charge is 0.270 e. The second-order valence-corrected chi connectivity index (χ2v) is 11.3. The number of hydrogen-bond donors (Lipinski definition) is 2. The van der Waals surface area contributed by atoms with Crippen LogP contribution in [0.2, 0.25) is 0 Å². The van der Waals surface area contributed by atoms with Crippen LogP contribution in [-0.2, 0) is 20.2 Å². The third kappa shape index (κ3) is 11.1. The topological polar surface area (TPSA) is 234 Å². The van der Waals surface area contributed by atoms with Crippen LogP contribution in [-0.4, -0.2) is 49.9 Å². The largest absolute Gasteiger partial charge is 0.744 e. The zero-order valence-electron chi connectivity index (χ0n) is 23.3. The summed E-state index contributed by atoms with van der Waals surface area (Å²) >= 11 is 0. The van der Waals surface area contributed by atoms with Gasteiger partial charge < -0.3 is 19.7 Å². The third-order valence-corrected chi connectivity index (χ3v) is 7.45. The summed E-state index contributed by atoms with van der Waals surface area (Å²) in [6.45, 7) is 0. The van der Waals surface area contributed by atoms with Crippen molar-refractivity contribution in [2.45, 2.75) is 9.79 Å². The van der Waals surface area contributed by atoms with E-state index in [9.17, 15) is 46.2 Å². The number of non-ortho nitro benzene ring substituents is 2. The lowest BCUT2D eigenvalue weighted by Crippen LogP contribution is -2.72. The number of rotatable bonds is 8. The minimum Gasteiger partial charge on any atom is -0.744 e. The summed E-state index contributed by atoms with van der Waals surface area (Å²) in [5, 5.41) is 25.7. The molecule has 0 bridgehead atoms. The van der Waals surface area contributed by atoms with E-state index in [1.165, 1.54) is 11.4 Å². The molecule has 0 aliphatic carbocycles. The Hall–Kier alpha value is -4.84. The Morgan fingerprint density at radius 1 is 0.568 bits per heavy atom. The Bertz CT molecular complexity index is 1700. The number of benzene rings is 4. The summed E-state index contributed by atoms with van der Waals surface area (Å²) in [4.78, 5) is 17.8. The van der Waals surface area contributed by atoms with Crippen molar-refractivity contribution < 1.29 is 46.4 Å². The molecule has 0 saturated heterocycles. The van der Waals surface area contributed by atoms with Gasteiger partial charge in [0.15, 0.2) is 0 Å². The molecule has 14 nitrogen and oxygen atoms in total. The van der Waals surface area contributed by atoms with Gasteiger partial charge in [-0.05, 0) is 47.5 Å². The minimum absolute atomic E-state index is 0.312. The van der Waals surface area contributed by atoms with Gasteiger partial charge in [-0.2, -0.15) is 0 Å². The molecule has 0 fully saturated rings. The summed E-state index contributed by atoms with van der Waals surface area (Å²) in [7, 11) is -6.18. The Labute approximate surface area is 253 Å². The second-order valence-electron chi connectivity index (χ2n) is 8.60. The highest BCUT2D eigenvalue weighted by Gasteiger charge is 2.16. The van der Waals surface area contributed by atoms with Crippen LogP contribution in [0, 0.1) is 20.2 Å². The van der Waals surface area contributed by atoms with Crippen LogP contribution >= 0.6 is 0 Å². The highest BCUT2D eigenvalue weighted by molar-refractivity contribution is 7.86. The van der Waals surface area contributed by atoms with Gasteiger partial charge >= 0.3 is 0 Å². The van der Waals surface area contributed by atoms with E-state index >= 15 is 0 Å². The van der Waals surface area contributed by atoms with Crippen LogP contribution in [0.1, 0.15) is 11.1 Å². The average Bonchev–Trinajstić information content (AvgIpc) is 3.00. The molecule has 0 atom stereocenters. The fourth-order valence-electron chi connectivity index (χ4n) is 3.45. The number of nitrogens with zero attached hydrogens (tertiary/aromatic N) is 2. The molecule has 0 aliphatic rings. The molecule has 0 spiro atoms. The Morgan fingerprint density at radius 2 is 0.886 bits per heavy atom. The molecule has 0 aliphatic heterocycles. The molecule has 16 heteroatoms. The van der Waals surface area contributed by atoms with Crippen molar-refractivity contribution in [1.29, 1.82) is 0 Å². The summed E-state index contributed by atoms with van der Waals surface area (Å²) in [5.74, 6) is 0. The van der Waals surface area contributed by atoms with Gasteiger partial charge in [0.1, 0.15) is 31.6 Å². The first-order valence-corrected chi connectivity index (χ1v) is 15.3. The van der Waals surface area contributed by atoms with Gasteiger partial charge in [0, 0.05) is 24.3 Å². The third-order valence-electron chi connectivity index (χ3n) is 5.66. The van der Waals surface area contributed by atoms with E-state index in [-0.39, 0.29) is 11.1 Å². The highest BCUT2D eigenvalue weighted by Crippen LogP contribution is 2.27. The normalized spacial score (nSPS) is 11.1. The first-order chi connectivity index (χ1) is 20.7. The number of nitro benzene ring substituents is 2. The standard InChI is InChI=1S/C14H10N2O10S2.2C7H9N/c17-15(18)11-5-3-9(13(7-11)27(21,22)23)1-2-10-4-6-12(16(19)20)8-14(10)28(24,25)26;2*1-8-7-5-3-2-4-6-7/h1-8H,(H,21,22,23)(H,24,25,26);2*2-6,8H,1H3/b2-1+;;. The lowest BCUT2D eigenvalue weighted by Gasteiger charge is -2.12. The van der Waals surface area contributed by atoms with Gasteiger partial charge in [-0.1, -0.05) is 48.6 Å². The summed E-state index contributed by atoms with van der Waals surface area (Å²) in [6, 6.07) is 25.3. The van der Waals surface area contributed by atoms with Gasteiger partial charge in [0.05, 0.1) is 33.7 Å². The van der Waals surface area contributed by atoms with E-state index < -0.39 is 51.2 Å². The maximum Gasteiger partial charge on any atom is 0.270 e. The molecule has 0 heterocycles. The molecule has 0 saturated carbocycles. The van der Waals surface area contributed by atoms with Crippen molar-refractivity contribution in [1.82, 2.24) is 0 Å². The Kier molecular flexibility index (Phi) is 13.0. The molecule has 232 valence electrons. The second kappa shape index (κ2) is 16.1. The lowest BCUT2D eigenvalue weighted by atomic mass is 10.1. The van der Waals surface area contributed by atoms with Crippen LogP contribution in [0.15, 0.2) is 107 Å². The molecule has 44 heavy (non-hydrogen) atoms. The Morgan fingerprint density at radius 3 is 1.11 bits per heavy atom. The molecule has 0 radical (unpaired) electrons. The van der Waals surface area contributed by atoms with Crippen molar-refractivity contribution >= 4 is 55.1 Å². The zero-order valence-corrected chi connectivity index (χ0v) is 25.0. The molecular formula is C28H28N4O10S2. The molecule has 4 rings (SSSR count).